The summed E-state index contributed by atoms with van der Waals surface area (Å²) in [7, 11) is 2.12. The molecule has 0 aromatic heterocycles. The Bertz CT molecular complexity index is 524. The van der Waals surface area contributed by atoms with E-state index in [4.69, 9.17) is 28.3 Å². The van der Waals surface area contributed by atoms with Crippen molar-refractivity contribution in [3.8, 4) is 0 Å². The fourth-order valence-electron chi connectivity index (χ4n) is 2.73. The van der Waals surface area contributed by atoms with E-state index in [1.54, 1.807) is 23.1 Å². The number of quaternary nitrogens is 1. The Morgan fingerprint density at radius 3 is 2.52 bits per heavy atom. The first-order chi connectivity index (χ1) is 10.4. The van der Waals surface area contributed by atoms with Gasteiger partial charge in [-0.15, -0.1) is 0 Å². The fourth-order valence-corrected chi connectivity index (χ4v) is 3.25. The second-order valence-electron chi connectivity index (χ2n) is 5.94. The molecule has 1 aliphatic heterocycles. The van der Waals surface area contributed by atoms with Crippen LogP contribution in [0, 0.1) is 0 Å². The molecule has 0 bridgehead atoms. The van der Waals surface area contributed by atoms with Gasteiger partial charge in [-0.2, -0.15) is 0 Å². The monoisotopic (exact) mass is 381 g/mol. The van der Waals surface area contributed by atoms with E-state index in [9.17, 15) is 4.79 Å². The SMILES string of the molecule is C[N+]1(CCO)CCCN(C(=O)Nc2cc(Cl)cc(Cl)c2)CC1.[Cl-]. The van der Waals surface area contributed by atoms with E-state index in [0.29, 0.717) is 28.8 Å². The van der Waals surface area contributed by atoms with Crippen molar-refractivity contribution in [1.82, 2.24) is 4.90 Å². The second kappa shape index (κ2) is 8.94. The van der Waals surface area contributed by atoms with Crippen LogP contribution in [0.25, 0.3) is 0 Å². The van der Waals surface area contributed by atoms with E-state index in [1.165, 1.54) is 0 Å². The van der Waals surface area contributed by atoms with Gasteiger partial charge in [0.1, 0.15) is 6.54 Å². The van der Waals surface area contributed by atoms with Crippen LogP contribution >= 0.6 is 23.2 Å². The molecule has 0 saturated carbocycles. The zero-order valence-corrected chi connectivity index (χ0v) is 15.3. The van der Waals surface area contributed by atoms with Crippen LogP contribution in [-0.2, 0) is 0 Å². The third-order valence-corrected chi connectivity index (χ3v) is 4.51. The van der Waals surface area contributed by atoms with Crippen molar-refractivity contribution in [2.24, 2.45) is 0 Å². The van der Waals surface area contributed by atoms with Gasteiger partial charge < -0.3 is 32.2 Å². The number of nitrogens with zero attached hydrogens (tertiary/aromatic N) is 2. The number of benzene rings is 1. The lowest BCUT2D eigenvalue weighted by atomic mass is 10.3. The van der Waals surface area contributed by atoms with Crippen LogP contribution in [0.2, 0.25) is 10.0 Å². The summed E-state index contributed by atoms with van der Waals surface area (Å²) in [4.78, 5) is 14.2. The molecule has 1 aromatic rings. The molecule has 8 heteroatoms. The minimum atomic E-state index is -0.143. The summed E-state index contributed by atoms with van der Waals surface area (Å²) in [5.74, 6) is 0. The summed E-state index contributed by atoms with van der Waals surface area (Å²) < 4.78 is 0.795. The number of aliphatic hydroxyl groups is 1. The van der Waals surface area contributed by atoms with Crippen molar-refractivity contribution in [3.05, 3.63) is 28.2 Å². The molecular weight excluding hydrogens is 361 g/mol. The lowest BCUT2D eigenvalue weighted by molar-refractivity contribution is -0.907. The highest BCUT2D eigenvalue weighted by molar-refractivity contribution is 6.35. The minimum absolute atomic E-state index is 0. The third kappa shape index (κ3) is 6.01. The zero-order valence-electron chi connectivity index (χ0n) is 13.1. The maximum absolute atomic E-state index is 12.4. The molecule has 23 heavy (non-hydrogen) atoms. The van der Waals surface area contributed by atoms with Gasteiger partial charge in [0.25, 0.3) is 0 Å². The number of aliphatic hydroxyl groups excluding tert-OH is 1. The quantitative estimate of drug-likeness (QED) is 0.704. The van der Waals surface area contributed by atoms with E-state index in [-0.39, 0.29) is 25.0 Å². The third-order valence-electron chi connectivity index (χ3n) is 4.08. The van der Waals surface area contributed by atoms with Gasteiger partial charge >= 0.3 is 6.03 Å². The van der Waals surface area contributed by atoms with E-state index >= 15 is 0 Å². The molecule has 1 atom stereocenters. The summed E-state index contributed by atoms with van der Waals surface area (Å²) in [6.07, 6.45) is 0.917. The van der Waals surface area contributed by atoms with Crippen LogP contribution in [0.3, 0.4) is 0 Å². The highest BCUT2D eigenvalue weighted by atomic mass is 35.5. The Morgan fingerprint density at radius 1 is 1.26 bits per heavy atom. The lowest BCUT2D eigenvalue weighted by Gasteiger charge is -2.32. The minimum Gasteiger partial charge on any atom is -1.00 e. The molecule has 0 aliphatic carbocycles. The number of amides is 2. The van der Waals surface area contributed by atoms with Crippen LogP contribution in [0.5, 0.6) is 0 Å². The molecule has 5 nitrogen and oxygen atoms in total. The first kappa shape index (κ1) is 20.3. The topological polar surface area (TPSA) is 52.6 Å². The molecule has 1 saturated heterocycles. The Morgan fingerprint density at radius 2 is 1.91 bits per heavy atom. The Hall–Kier alpha value is -0.720. The van der Waals surface area contributed by atoms with E-state index < -0.39 is 0 Å². The van der Waals surface area contributed by atoms with Gasteiger partial charge in [-0.05, 0) is 18.2 Å². The van der Waals surface area contributed by atoms with Gasteiger partial charge in [-0.1, -0.05) is 23.2 Å². The smallest absolute Gasteiger partial charge is 0.322 e. The molecule has 1 unspecified atom stereocenters. The number of anilines is 1. The molecule has 130 valence electrons. The molecule has 0 radical (unpaired) electrons. The Labute approximate surface area is 153 Å². The average molecular weight is 383 g/mol. The summed E-state index contributed by atoms with van der Waals surface area (Å²) in [5.41, 5.74) is 0.597. The Balaban J connectivity index is 0.00000264. The average Bonchev–Trinajstić information content (AvgIpc) is 2.60. The lowest BCUT2D eigenvalue weighted by Crippen LogP contribution is -3.00. The van der Waals surface area contributed by atoms with Crippen molar-refractivity contribution in [2.45, 2.75) is 6.42 Å². The predicted molar refractivity (Wildman–Crippen MR) is 89.5 cm³/mol. The molecule has 2 rings (SSSR count). The molecular formula is C15H22Cl3N3O2. The number of nitrogens with one attached hydrogen (secondary N) is 1. The predicted octanol–water partition coefficient (Wildman–Crippen LogP) is -0.326. The number of carbonyl (C=O) groups is 1. The summed E-state index contributed by atoms with van der Waals surface area (Å²) in [6.45, 7) is 4.07. The van der Waals surface area contributed by atoms with Crippen molar-refractivity contribution >= 4 is 34.9 Å². The van der Waals surface area contributed by atoms with E-state index in [2.05, 4.69) is 12.4 Å². The number of urea groups is 1. The largest absolute Gasteiger partial charge is 1.00 e. The number of rotatable bonds is 3. The van der Waals surface area contributed by atoms with Crippen molar-refractivity contribution in [2.75, 3.05) is 51.7 Å². The van der Waals surface area contributed by atoms with E-state index in [0.717, 1.165) is 30.5 Å². The first-order valence-electron chi connectivity index (χ1n) is 7.38. The Kier molecular flexibility index (Phi) is 7.90. The summed E-state index contributed by atoms with van der Waals surface area (Å²) in [6, 6.07) is 4.84. The molecule has 1 aromatic carbocycles. The van der Waals surface area contributed by atoms with Gasteiger partial charge in [-0.25, -0.2) is 4.79 Å². The van der Waals surface area contributed by atoms with Crippen molar-refractivity contribution in [3.63, 3.8) is 0 Å². The van der Waals surface area contributed by atoms with Gasteiger partial charge in [0.2, 0.25) is 0 Å². The first-order valence-corrected chi connectivity index (χ1v) is 8.14. The maximum atomic E-state index is 12.4. The van der Waals surface area contributed by atoms with Gasteiger partial charge in [0.15, 0.2) is 0 Å². The van der Waals surface area contributed by atoms with Crippen LogP contribution in [-0.4, -0.2) is 66.9 Å². The normalized spacial score (nSPS) is 21.3. The summed E-state index contributed by atoms with van der Waals surface area (Å²) in [5, 5.41) is 13.0. The van der Waals surface area contributed by atoms with E-state index in [1.807, 2.05) is 0 Å². The zero-order chi connectivity index (χ0) is 16.2. The van der Waals surface area contributed by atoms with Gasteiger partial charge in [0, 0.05) is 28.7 Å². The van der Waals surface area contributed by atoms with Crippen LogP contribution in [0.1, 0.15) is 6.42 Å². The van der Waals surface area contributed by atoms with Gasteiger partial charge in [-0.3, -0.25) is 0 Å². The van der Waals surface area contributed by atoms with Crippen molar-refractivity contribution < 1.29 is 26.8 Å². The van der Waals surface area contributed by atoms with Crippen LogP contribution in [0.4, 0.5) is 10.5 Å². The summed E-state index contributed by atoms with van der Waals surface area (Å²) >= 11 is 11.9. The van der Waals surface area contributed by atoms with Crippen LogP contribution < -0.4 is 17.7 Å². The number of halogens is 3. The number of carbonyl (C=O) groups excluding carboxylic acids is 1. The standard InChI is InChI=1S/C15H21Cl2N3O2.ClH/c1-20(7-8-21)5-2-3-19(4-6-20)15(22)18-14-10-12(16)9-13(17)11-14;/h9-11,21H,2-8H2,1H3;1H. The second-order valence-corrected chi connectivity index (χ2v) is 6.82. The fraction of sp³-hybridized carbons (Fsp3) is 0.533. The number of likely N-dealkylation sites (N-methyl/N-ethyl adjacent to an activating group) is 1. The molecule has 2 N–H and O–H groups in total. The number of hydrogen-bond acceptors (Lipinski definition) is 2. The highest BCUT2D eigenvalue weighted by Gasteiger charge is 2.27. The molecule has 1 aliphatic rings. The van der Waals surface area contributed by atoms with Gasteiger partial charge in [0.05, 0.1) is 33.3 Å². The molecule has 1 fully saturated rings. The molecule has 1 heterocycles. The molecule has 0 spiro atoms. The highest BCUT2D eigenvalue weighted by Crippen LogP contribution is 2.23. The maximum Gasteiger partial charge on any atom is 0.322 e. The molecule has 2 amide bonds. The van der Waals surface area contributed by atoms with Crippen LogP contribution in [0.15, 0.2) is 18.2 Å². The number of hydrogen-bond donors (Lipinski definition) is 2. The van der Waals surface area contributed by atoms with Crippen molar-refractivity contribution in [1.29, 1.82) is 0 Å².